The summed E-state index contributed by atoms with van der Waals surface area (Å²) in [5.74, 6) is -2.51. The van der Waals surface area contributed by atoms with Crippen LogP contribution in [0.15, 0.2) is 76.5 Å². The van der Waals surface area contributed by atoms with Crippen LogP contribution in [0.1, 0.15) is 5.56 Å². The number of carboxylic acids is 2. The summed E-state index contributed by atoms with van der Waals surface area (Å²) < 4.78 is 5.42. The molecule has 0 amide bonds. The highest BCUT2D eigenvalue weighted by Crippen LogP contribution is 2.30. The molecule has 0 aliphatic carbocycles. The molecule has 0 spiro atoms. The quantitative estimate of drug-likeness (QED) is 0.718. The van der Waals surface area contributed by atoms with E-state index < -0.39 is 11.9 Å². The minimum absolute atomic E-state index is 0.558. The summed E-state index contributed by atoms with van der Waals surface area (Å²) >= 11 is 1.84. The smallest absolute Gasteiger partial charge is 0.328 e. The molecule has 148 valence electrons. The number of carboxylic acid groups (broad SMARTS) is 2. The highest BCUT2D eigenvalue weighted by atomic mass is 32.2. The lowest BCUT2D eigenvalue weighted by molar-refractivity contribution is -0.134. The molecule has 0 bridgehead atoms. The van der Waals surface area contributed by atoms with Crippen molar-refractivity contribution in [2.45, 2.75) is 16.3 Å². The largest absolute Gasteiger partial charge is 0.478 e. The zero-order valence-corrected chi connectivity index (χ0v) is 16.2. The highest BCUT2D eigenvalue weighted by Gasteiger charge is 2.13. The number of hydrogen-bond donors (Lipinski definition) is 2. The van der Waals surface area contributed by atoms with Crippen LogP contribution in [0.3, 0.4) is 0 Å². The van der Waals surface area contributed by atoms with Crippen molar-refractivity contribution in [1.29, 1.82) is 0 Å². The van der Waals surface area contributed by atoms with Crippen molar-refractivity contribution in [1.82, 2.24) is 4.90 Å². The zero-order chi connectivity index (χ0) is 20.2. The van der Waals surface area contributed by atoms with Crippen LogP contribution < -0.4 is 0 Å². The Bertz CT molecular complexity index is 772. The normalized spacial score (nSPS) is 14.3. The average molecular weight is 401 g/mol. The van der Waals surface area contributed by atoms with Gasteiger partial charge in [-0.05, 0) is 23.8 Å². The van der Waals surface area contributed by atoms with E-state index in [-0.39, 0.29) is 0 Å². The molecular formula is C21H23NO5S. The van der Waals surface area contributed by atoms with E-state index >= 15 is 0 Å². The standard InChI is InChI=1S/C17H19NOS.C4H4O4/c1-2-7-16(8-3-1)20-17-9-5-4-6-15(17)14-18-10-12-19-13-11-18;5-3(6)1-2-4(7)8/h1-9H,10-14H2;1-2H,(H,5,6)(H,7,8). The van der Waals surface area contributed by atoms with Crippen LogP contribution in [0.25, 0.3) is 0 Å². The van der Waals surface area contributed by atoms with Gasteiger partial charge in [-0.25, -0.2) is 9.59 Å². The Kier molecular flexibility index (Phi) is 9.27. The monoisotopic (exact) mass is 401 g/mol. The molecule has 6 nitrogen and oxygen atoms in total. The van der Waals surface area contributed by atoms with Crippen molar-refractivity contribution < 1.29 is 24.5 Å². The summed E-state index contributed by atoms with van der Waals surface area (Å²) in [4.78, 5) is 24.2. The summed E-state index contributed by atoms with van der Waals surface area (Å²) in [7, 11) is 0. The van der Waals surface area contributed by atoms with Gasteiger partial charge in [0.05, 0.1) is 13.2 Å². The number of hydrogen-bond acceptors (Lipinski definition) is 5. The number of aliphatic carboxylic acids is 2. The van der Waals surface area contributed by atoms with E-state index in [1.807, 2.05) is 11.8 Å². The first-order valence-electron chi connectivity index (χ1n) is 8.79. The average Bonchev–Trinajstić information content (AvgIpc) is 2.70. The third-order valence-electron chi connectivity index (χ3n) is 3.81. The van der Waals surface area contributed by atoms with Crippen molar-refractivity contribution in [3.05, 3.63) is 72.3 Å². The first-order chi connectivity index (χ1) is 13.5. The zero-order valence-electron chi connectivity index (χ0n) is 15.4. The number of nitrogens with zero attached hydrogens (tertiary/aromatic N) is 1. The summed E-state index contributed by atoms with van der Waals surface area (Å²) in [6.07, 6.45) is 1.12. The molecule has 0 aromatic heterocycles. The molecular weight excluding hydrogens is 378 g/mol. The minimum Gasteiger partial charge on any atom is -0.478 e. The molecule has 1 fully saturated rings. The van der Waals surface area contributed by atoms with E-state index in [0.717, 1.165) is 32.8 Å². The molecule has 0 unspecified atom stereocenters. The Morgan fingerprint density at radius 3 is 2.11 bits per heavy atom. The Morgan fingerprint density at radius 2 is 1.50 bits per heavy atom. The molecule has 1 aliphatic heterocycles. The molecule has 7 heteroatoms. The van der Waals surface area contributed by atoms with Gasteiger partial charge in [0.2, 0.25) is 0 Å². The van der Waals surface area contributed by atoms with Crippen molar-refractivity contribution >= 4 is 23.7 Å². The number of rotatable bonds is 6. The van der Waals surface area contributed by atoms with Gasteiger partial charge < -0.3 is 14.9 Å². The van der Waals surface area contributed by atoms with Crippen molar-refractivity contribution in [3.8, 4) is 0 Å². The Morgan fingerprint density at radius 1 is 0.929 bits per heavy atom. The second-order valence-electron chi connectivity index (χ2n) is 5.92. The molecule has 2 aromatic carbocycles. The maximum atomic E-state index is 9.55. The summed E-state index contributed by atoms with van der Waals surface area (Å²) in [6, 6.07) is 19.3. The number of ether oxygens (including phenoxy) is 1. The van der Waals surface area contributed by atoms with Crippen LogP contribution in [-0.2, 0) is 20.9 Å². The summed E-state index contributed by atoms with van der Waals surface area (Å²) in [6.45, 7) is 4.79. The predicted molar refractivity (Wildman–Crippen MR) is 108 cm³/mol. The second kappa shape index (κ2) is 12.0. The van der Waals surface area contributed by atoms with Crippen LogP contribution in [-0.4, -0.2) is 53.4 Å². The maximum absolute atomic E-state index is 9.55. The lowest BCUT2D eigenvalue weighted by Crippen LogP contribution is -2.35. The lowest BCUT2D eigenvalue weighted by atomic mass is 10.2. The third-order valence-corrected chi connectivity index (χ3v) is 4.94. The van der Waals surface area contributed by atoms with Gasteiger partial charge in [-0.3, -0.25) is 4.90 Å². The Balaban J connectivity index is 0.000000300. The van der Waals surface area contributed by atoms with Gasteiger partial charge in [0.15, 0.2) is 0 Å². The van der Waals surface area contributed by atoms with Crippen molar-refractivity contribution in [2.75, 3.05) is 26.3 Å². The fourth-order valence-corrected chi connectivity index (χ4v) is 3.45. The SMILES string of the molecule is O=C(O)C=CC(=O)O.c1ccc(Sc2ccccc2CN2CCOCC2)cc1. The first kappa shape index (κ1) is 21.7. The number of benzene rings is 2. The summed E-state index contributed by atoms with van der Waals surface area (Å²) in [5, 5.41) is 15.6. The van der Waals surface area contributed by atoms with Crippen LogP contribution in [0.5, 0.6) is 0 Å². The molecule has 3 rings (SSSR count). The van der Waals surface area contributed by atoms with Crippen LogP contribution >= 0.6 is 11.8 Å². The third kappa shape index (κ3) is 8.39. The summed E-state index contributed by atoms with van der Waals surface area (Å²) in [5.41, 5.74) is 1.41. The van der Waals surface area contributed by atoms with Crippen LogP contribution in [0.2, 0.25) is 0 Å². The van der Waals surface area contributed by atoms with E-state index in [9.17, 15) is 9.59 Å². The first-order valence-corrected chi connectivity index (χ1v) is 9.61. The fraction of sp³-hybridized carbons (Fsp3) is 0.238. The Labute approximate surface area is 168 Å². The molecule has 1 aliphatic rings. The van der Waals surface area contributed by atoms with Gasteiger partial charge in [0.1, 0.15) is 0 Å². The van der Waals surface area contributed by atoms with Gasteiger partial charge in [0.25, 0.3) is 0 Å². The predicted octanol–water partition coefficient (Wildman–Crippen LogP) is 3.38. The molecule has 0 radical (unpaired) electrons. The molecule has 1 saturated heterocycles. The number of carbonyl (C=O) groups is 2. The van der Waals surface area contributed by atoms with Gasteiger partial charge in [0, 0.05) is 41.6 Å². The topological polar surface area (TPSA) is 87.1 Å². The van der Waals surface area contributed by atoms with Gasteiger partial charge in [-0.15, -0.1) is 0 Å². The van der Waals surface area contributed by atoms with Gasteiger partial charge in [-0.2, -0.15) is 0 Å². The molecule has 28 heavy (non-hydrogen) atoms. The molecule has 1 heterocycles. The van der Waals surface area contributed by atoms with Gasteiger partial charge in [-0.1, -0.05) is 48.2 Å². The van der Waals surface area contributed by atoms with Crippen molar-refractivity contribution in [2.24, 2.45) is 0 Å². The lowest BCUT2D eigenvalue weighted by Gasteiger charge is -2.27. The molecule has 2 N–H and O–H groups in total. The van der Waals surface area contributed by atoms with E-state index in [4.69, 9.17) is 14.9 Å². The molecule has 0 atom stereocenters. The minimum atomic E-state index is -1.26. The molecule has 0 saturated carbocycles. The van der Waals surface area contributed by atoms with Crippen LogP contribution in [0.4, 0.5) is 0 Å². The fourth-order valence-electron chi connectivity index (χ4n) is 2.49. The second-order valence-corrected chi connectivity index (χ2v) is 7.04. The Hall–Kier alpha value is -2.61. The van der Waals surface area contributed by atoms with E-state index in [1.54, 1.807) is 0 Å². The van der Waals surface area contributed by atoms with E-state index in [0.29, 0.717) is 12.2 Å². The number of morpholine rings is 1. The maximum Gasteiger partial charge on any atom is 0.328 e. The highest BCUT2D eigenvalue weighted by molar-refractivity contribution is 7.99. The molecule has 2 aromatic rings. The van der Waals surface area contributed by atoms with Crippen molar-refractivity contribution in [3.63, 3.8) is 0 Å². The van der Waals surface area contributed by atoms with E-state index in [1.165, 1.54) is 15.4 Å². The van der Waals surface area contributed by atoms with Crippen LogP contribution in [0, 0.1) is 0 Å². The van der Waals surface area contributed by atoms with E-state index in [2.05, 4.69) is 59.5 Å². The van der Waals surface area contributed by atoms with Gasteiger partial charge >= 0.3 is 11.9 Å².